The summed E-state index contributed by atoms with van der Waals surface area (Å²) in [4.78, 5) is 0. The second kappa shape index (κ2) is 4.07. The molecule has 0 aliphatic heterocycles. The Morgan fingerprint density at radius 3 is 2.94 bits per heavy atom. The smallest absolute Gasteiger partial charge is 0.162 e. The first kappa shape index (κ1) is 11.4. The highest BCUT2D eigenvalue weighted by molar-refractivity contribution is 5.30. The predicted molar refractivity (Wildman–Crippen MR) is 60.4 cm³/mol. The first-order chi connectivity index (χ1) is 7.54. The maximum Gasteiger partial charge on any atom is 0.162 e. The van der Waals surface area contributed by atoms with E-state index in [9.17, 15) is 5.11 Å². The van der Waals surface area contributed by atoms with Crippen LogP contribution < -0.4 is 10.1 Å². The van der Waals surface area contributed by atoms with Crippen molar-refractivity contribution < 1.29 is 9.84 Å². The fourth-order valence-corrected chi connectivity index (χ4v) is 1.90. The van der Waals surface area contributed by atoms with Crippen LogP contribution in [0.5, 0.6) is 5.75 Å². The van der Waals surface area contributed by atoms with E-state index in [-0.39, 0.29) is 0 Å². The third-order valence-electron chi connectivity index (χ3n) is 2.95. The summed E-state index contributed by atoms with van der Waals surface area (Å²) in [6, 6.07) is 0.575. The number of nitrogens with zero attached hydrogens (tertiary/aromatic N) is 2. The molecule has 0 spiro atoms. The van der Waals surface area contributed by atoms with Crippen molar-refractivity contribution in [2.75, 3.05) is 13.7 Å². The largest absolute Gasteiger partial charge is 0.493 e. The van der Waals surface area contributed by atoms with Gasteiger partial charge in [-0.25, -0.2) is 0 Å². The van der Waals surface area contributed by atoms with Gasteiger partial charge in [-0.2, -0.15) is 5.10 Å². The molecule has 0 radical (unpaired) electrons. The van der Waals surface area contributed by atoms with Gasteiger partial charge >= 0.3 is 0 Å². The van der Waals surface area contributed by atoms with Crippen LogP contribution in [0.2, 0.25) is 0 Å². The molecule has 1 aromatic heterocycles. The molecule has 1 aliphatic carbocycles. The van der Waals surface area contributed by atoms with Gasteiger partial charge in [0.1, 0.15) is 11.3 Å². The molecule has 5 nitrogen and oxygen atoms in total. The number of nitrogens with one attached hydrogen (secondary N) is 1. The number of hydrogen-bond acceptors (Lipinski definition) is 4. The van der Waals surface area contributed by atoms with Crippen LogP contribution in [0.25, 0.3) is 0 Å². The number of ether oxygens (including phenoxy) is 1. The predicted octanol–water partition coefficient (Wildman–Crippen LogP) is 0.388. The molecular weight excluding hydrogens is 206 g/mol. The van der Waals surface area contributed by atoms with Crippen molar-refractivity contribution in [2.45, 2.75) is 31.4 Å². The van der Waals surface area contributed by atoms with Crippen LogP contribution in [0.4, 0.5) is 0 Å². The van der Waals surface area contributed by atoms with Crippen molar-refractivity contribution in [1.29, 1.82) is 0 Å². The summed E-state index contributed by atoms with van der Waals surface area (Å²) >= 11 is 0. The lowest BCUT2D eigenvalue weighted by Gasteiger charge is -2.25. The summed E-state index contributed by atoms with van der Waals surface area (Å²) < 4.78 is 6.86. The van der Waals surface area contributed by atoms with E-state index >= 15 is 0 Å². The Hall–Kier alpha value is -1.07. The molecule has 2 N–H and O–H groups in total. The van der Waals surface area contributed by atoms with Gasteiger partial charge in [0.2, 0.25) is 0 Å². The van der Waals surface area contributed by atoms with Gasteiger partial charge in [-0.05, 0) is 19.8 Å². The maximum atomic E-state index is 10.4. The number of methoxy groups -OCH3 is 1. The van der Waals surface area contributed by atoms with E-state index < -0.39 is 5.60 Å². The van der Waals surface area contributed by atoms with E-state index in [2.05, 4.69) is 10.4 Å². The highest BCUT2D eigenvalue weighted by Crippen LogP contribution is 2.29. The molecule has 1 aliphatic rings. The Balaban J connectivity index is 2.14. The molecule has 16 heavy (non-hydrogen) atoms. The van der Waals surface area contributed by atoms with Gasteiger partial charge in [-0.1, -0.05) is 0 Å². The minimum Gasteiger partial charge on any atom is -0.493 e. The van der Waals surface area contributed by atoms with E-state index in [0.717, 1.165) is 0 Å². The second-order valence-corrected chi connectivity index (χ2v) is 4.61. The van der Waals surface area contributed by atoms with Gasteiger partial charge in [0.15, 0.2) is 5.75 Å². The number of hydrogen-bond donors (Lipinski definition) is 2. The average molecular weight is 225 g/mol. The van der Waals surface area contributed by atoms with Gasteiger partial charge in [-0.3, -0.25) is 4.68 Å². The summed E-state index contributed by atoms with van der Waals surface area (Å²) in [7, 11) is 3.40. The van der Waals surface area contributed by atoms with Gasteiger partial charge < -0.3 is 15.2 Å². The van der Waals surface area contributed by atoms with E-state index in [0.29, 0.717) is 24.0 Å². The van der Waals surface area contributed by atoms with Crippen LogP contribution in [0.3, 0.4) is 0 Å². The van der Waals surface area contributed by atoms with Gasteiger partial charge in [0, 0.05) is 19.6 Å². The molecule has 1 fully saturated rings. The van der Waals surface area contributed by atoms with Crippen molar-refractivity contribution in [3.8, 4) is 5.75 Å². The van der Waals surface area contributed by atoms with Gasteiger partial charge in [-0.15, -0.1) is 0 Å². The third-order valence-corrected chi connectivity index (χ3v) is 2.95. The lowest BCUT2D eigenvalue weighted by Crippen LogP contribution is -2.38. The first-order valence-corrected chi connectivity index (χ1v) is 5.57. The topological polar surface area (TPSA) is 59.3 Å². The van der Waals surface area contributed by atoms with Crippen LogP contribution in [0, 0.1) is 0 Å². The zero-order chi connectivity index (χ0) is 11.8. The van der Waals surface area contributed by atoms with Crippen molar-refractivity contribution in [3.63, 3.8) is 0 Å². The molecule has 0 aromatic carbocycles. The van der Waals surface area contributed by atoms with E-state index in [4.69, 9.17) is 4.74 Å². The van der Waals surface area contributed by atoms with Crippen LogP contribution in [-0.4, -0.2) is 34.6 Å². The number of aromatic nitrogens is 2. The SMILES string of the molecule is COc1cnn(C)c1C(C)(O)CNC1CC1. The summed E-state index contributed by atoms with van der Waals surface area (Å²) in [6.45, 7) is 2.30. The number of aliphatic hydroxyl groups is 1. The van der Waals surface area contributed by atoms with Gasteiger partial charge in [0.05, 0.1) is 13.3 Å². The molecule has 1 unspecified atom stereocenters. The standard InChI is InChI=1S/C11H19N3O2/c1-11(15,7-12-8-4-5-8)10-9(16-3)6-13-14(10)2/h6,8,12,15H,4-5,7H2,1-3H3. The minimum absolute atomic E-state index is 0.521. The maximum absolute atomic E-state index is 10.4. The molecule has 0 amide bonds. The summed E-state index contributed by atoms with van der Waals surface area (Å²) in [5.41, 5.74) is -0.248. The molecular formula is C11H19N3O2. The molecule has 2 rings (SSSR count). The molecule has 1 saturated carbocycles. The molecule has 0 bridgehead atoms. The highest BCUT2D eigenvalue weighted by Gasteiger charge is 2.33. The normalized spacial score (nSPS) is 19.5. The molecule has 90 valence electrons. The summed E-state index contributed by atoms with van der Waals surface area (Å²) in [5.74, 6) is 0.630. The quantitative estimate of drug-likeness (QED) is 0.761. The molecule has 1 aromatic rings. The Labute approximate surface area is 95.4 Å². The Morgan fingerprint density at radius 1 is 1.69 bits per heavy atom. The van der Waals surface area contributed by atoms with E-state index in [1.807, 2.05) is 7.05 Å². The average Bonchev–Trinajstić information content (AvgIpc) is 2.98. The van der Waals surface area contributed by atoms with Crippen molar-refractivity contribution in [1.82, 2.24) is 15.1 Å². The zero-order valence-electron chi connectivity index (χ0n) is 10.0. The lowest BCUT2D eigenvalue weighted by atomic mass is 10.0. The van der Waals surface area contributed by atoms with Crippen LogP contribution in [0.15, 0.2) is 6.20 Å². The molecule has 5 heteroatoms. The number of rotatable bonds is 5. The highest BCUT2D eigenvalue weighted by atomic mass is 16.5. The second-order valence-electron chi connectivity index (χ2n) is 4.61. The Morgan fingerprint density at radius 2 is 2.38 bits per heavy atom. The summed E-state index contributed by atoms with van der Waals surface area (Å²) in [5, 5.41) is 17.9. The Bertz CT molecular complexity index is 369. The molecule has 0 saturated heterocycles. The molecule has 1 heterocycles. The van der Waals surface area contributed by atoms with Crippen LogP contribution in [-0.2, 0) is 12.6 Å². The minimum atomic E-state index is -0.959. The molecule has 1 atom stereocenters. The van der Waals surface area contributed by atoms with Gasteiger partial charge in [0.25, 0.3) is 0 Å². The lowest BCUT2D eigenvalue weighted by molar-refractivity contribution is 0.0456. The van der Waals surface area contributed by atoms with E-state index in [1.54, 1.807) is 24.9 Å². The fourth-order valence-electron chi connectivity index (χ4n) is 1.90. The van der Waals surface area contributed by atoms with Crippen LogP contribution in [0.1, 0.15) is 25.5 Å². The van der Waals surface area contributed by atoms with E-state index in [1.165, 1.54) is 12.8 Å². The summed E-state index contributed by atoms with van der Waals surface area (Å²) in [6.07, 6.45) is 4.04. The Kier molecular flexibility index (Phi) is 2.90. The first-order valence-electron chi connectivity index (χ1n) is 5.57. The van der Waals surface area contributed by atoms with Crippen molar-refractivity contribution >= 4 is 0 Å². The van der Waals surface area contributed by atoms with Crippen LogP contribution >= 0.6 is 0 Å². The number of aryl methyl sites for hydroxylation is 1. The van der Waals surface area contributed by atoms with Crippen molar-refractivity contribution in [2.24, 2.45) is 7.05 Å². The fraction of sp³-hybridized carbons (Fsp3) is 0.727. The zero-order valence-corrected chi connectivity index (χ0v) is 10.0. The monoisotopic (exact) mass is 225 g/mol. The third kappa shape index (κ3) is 2.20. The van der Waals surface area contributed by atoms with Crippen molar-refractivity contribution in [3.05, 3.63) is 11.9 Å².